The van der Waals surface area contributed by atoms with Crippen molar-refractivity contribution < 1.29 is 19.2 Å². The van der Waals surface area contributed by atoms with Crippen molar-refractivity contribution in [2.24, 2.45) is 23.2 Å². The molecule has 1 aromatic heterocycles. The summed E-state index contributed by atoms with van der Waals surface area (Å²) in [5.41, 5.74) is 2.33. The third-order valence-corrected chi connectivity index (χ3v) is 7.75. The number of fused-ring (bicyclic) bond motifs is 4. The lowest BCUT2D eigenvalue weighted by molar-refractivity contribution is -0.171. The second-order valence-electron chi connectivity index (χ2n) is 8.98. The SMILES string of the molecule is C[C@]12CC[C@H]3[C@@H](Cc4noc5c4[C@]3(C)CC[C@@H]5O)[C@@H]1CC(=O)OC2. The average molecular weight is 331 g/mol. The molecule has 5 heteroatoms. The molecule has 3 aliphatic carbocycles. The van der Waals surface area contributed by atoms with Gasteiger partial charge < -0.3 is 14.4 Å². The molecule has 0 amide bonds. The first kappa shape index (κ1) is 14.9. The Morgan fingerprint density at radius 2 is 2.00 bits per heavy atom. The van der Waals surface area contributed by atoms with Crippen molar-refractivity contribution in [2.75, 3.05) is 6.61 Å². The molecular weight excluding hydrogens is 306 g/mol. The zero-order chi connectivity index (χ0) is 16.7. The standard InChI is InChI=1S/C19H25NO4/c1-18-5-3-11-10(12(18)8-15(22)23-9-18)7-13-16-17(24-20-13)14(21)4-6-19(11,16)2/h10-12,14,21H,3-9H2,1-2H3/t10-,11+,12+,14+,18-,19-/m1/s1. The number of esters is 1. The van der Waals surface area contributed by atoms with Crippen molar-refractivity contribution in [3.63, 3.8) is 0 Å². The predicted molar refractivity (Wildman–Crippen MR) is 85.1 cm³/mol. The number of cyclic esters (lactones) is 1. The van der Waals surface area contributed by atoms with Crippen molar-refractivity contribution >= 4 is 5.97 Å². The van der Waals surface area contributed by atoms with Crippen LogP contribution in [-0.2, 0) is 21.4 Å². The van der Waals surface area contributed by atoms with E-state index < -0.39 is 6.10 Å². The van der Waals surface area contributed by atoms with Crippen LogP contribution in [0.4, 0.5) is 0 Å². The third kappa shape index (κ3) is 1.74. The summed E-state index contributed by atoms with van der Waals surface area (Å²) in [7, 11) is 0. The fourth-order valence-corrected chi connectivity index (χ4v) is 6.42. The molecule has 0 radical (unpaired) electrons. The van der Waals surface area contributed by atoms with Gasteiger partial charge in [0.15, 0.2) is 5.76 Å². The van der Waals surface area contributed by atoms with Crippen LogP contribution in [0.25, 0.3) is 0 Å². The fourth-order valence-electron chi connectivity index (χ4n) is 6.42. The summed E-state index contributed by atoms with van der Waals surface area (Å²) in [4.78, 5) is 12.0. The summed E-state index contributed by atoms with van der Waals surface area (Å²) in [6.45, 7) is 5.18. The summed E-state index contributed by atoms with van der Waals surface area (Å²) in [5, 5.41) is 14.6. The smallest absolute Gasteiger partial charge is 0.306 e. The molecule has 130 valence electrons. The van der Waals surface area contributed by atoms with Crippen LogP contribution in [0.5, 0.6) is 0 Å². The van der Waals surface area contributed by atoms with Gasteiger partial charge >= 0.3 is 5.97 Å². The lowest BCUT2D eigenvalue weighted by atomic mass is 9.47. The van der Waals surface area contributed by atoms with Gasteiger partial charge in [0.05, 0.1) is 12.3 Å². The number of aliphatic hydroxyl groups is 1. The molecule has 1 N–H and O–H groups in total. The molecule has 0 bridgehead atoms. The van der Waals surface area contributed by atoms with Gasteiger partial charge in [-0.05, 0) is 49.9 Å². The zero-order valence-electron chi connectivity index (χ0n) is 14.4. The summed E-state index contributed by atoms with van der Waals surface area (Å²) >= 11 is 0. The van der Waals surface area contributed by atoms with Crippen molar-refractivity contribution in [3.05, 3.63) is 17.0 Å². The second kappa shape index (κ2) is 4.63. The van der Waals surface area contributed by atoms with Crippen molar-refractivity contribution in [1.82, 2.24) is 5.16 Å². The Kier molecular flexibility index (Phi) is 2.88. The minimum absolute atomic E-state index is 0.0233. The van der Waals surface area contributed by atoms with Crippen LogP contribution in [0.3, 0.4) is 0 Å². The zero-order valence-corrected chi connectivity index (χ0v) is 14.4. The van der Waals surface area contributed by atoms with Gasteiger partial charge in [-0.1, -0.05) is 19.0 Å². The number of ether oxygens (including phenoxy) is 1. The number of aromatic nitrogens is 1. The summed E-state index contributed by atoms with van der Waals surface area (Å²) in [5.74, 6) is 2.03. The lowest BCUT2D eigenvalue weighted by Crippen LogP contribution is -2.56. The highest BCUT2D eigenvalue weighted by Crippen LogP contribution is 2.62. The maximum absolute atomic E-state index is 12.0. The van der Waals surface area contributed by atoms with Crippen LogP contribution < -0.4 is 0 Å². The van der Waals surface area contributed by atoms with E-state index in [9.17, 15) is 9.90 Å². The van der Waals surface area contributed by atoms with Crippen LogP contribution in [0.15, 0.2) is 4.52 Å². The van der Waals surface area contributed by atoms with Gasteiger partial charge in [-0.3, -0.25) is 4.79 Å². The average Bonchev–Trinajstić information content (AvgIpc) is 2.98. The summed E-state index contributed by atoms with van der Waals surface area (Å²) < 4.78 is 11.0. The topological polar surface area (TPSA) is 72.6 Å². The van der Waals surface area contributed by atoms with Crippen molar-refractivity contribution in [1.29, 1.82) is 0 Å². The van der Waals surface area contributed by atoms with Crippen LogP contribution in [0, 0.1) is 23.2 Å². The normalized spacial score (nSPS) is 46.5. The molecule has 1 aromatic rings. The Labute approximate surface area is 141 Å². The summed E-state index contributed by atoms with van der Waals surface area (Å²) in [6.07, 6.45) is 4.89. The number of hydrogen-bond donors (Lipinski definition) is 1. The highest BCUT2D eigenvalue weighted by Gasteiger charge is 2.59. The van der Waals surface area contributed by atoms with E-state index in [1.165, 1.54) is 5.56 Å². The van der Waals surface area contributed by atoms with Crippen LogP contribution in [0.2, 0.25) is 0 Å². The van der Waals surface area contributed by atoms with E-state index in [2.05, 4.69) is 19.0 Å². The Morgan fingerprint density at radius 1 is 1.17 bits per heavy atom. The van der Waals surface area contributed by atoms with Crippen LogP contribution >= 0.6 is 0 Å². The number of nitrogens with zero attached hydrogens (tertiary/aromatic N) is 1. The quantitative estimate of drug-likeness (QED) is 0.740. The first-order valence-electron chi connectivity index (χ1n) is 9.25. The highest BCUT2D eigenvalue weighted by atomic mass is 16.5. The van der Waals surface area contributed by atoms with E-state index in [0.29, 0.717) is 36.5 Å². The third-order valence-electron chi connectivity index (χ3n) is 7.75. The number of rotatable bonds is 0. The largest absolute Gasteiger partial charge is 0.465 e. The molecule has 1 aliphatic heterocycles. The molecule has 1 saturated carbocycles. The van der Waals surface area contributed by atoms with E-state index in [1.54, 1.807) is 0 Å². The minimum atomic E-state index is -0.510. The van der Waals surface area contributed by atoms with Gasteiger partial charge in [0.25, 0.3) is 0 Å². The van der Waals surface area contributed by atoms with Crippen molar-refractivity contribution in [2.45, 2.75) is 63.9 Å². The molecule has 24 heavy (non-hydrogen) atoms. The van der Waals surface area contributed by atoms with Crippen molar-refractivity contribution in [3.8, 4) is 0 Å². The molecule has 0 spiro atoms. The van der Waals surface area contributed by atoms with Gasteiger partial charge in [0.1, 0.15) is 6.10 Å². The minimum Gasteiger partial charge on any atom is -0.465 e. The lowest BCUT2D eigenvalue weighted by Gasteiger charge is -2.58. The number of carbonyl (C=O) groups excluding carboxylic acids is 1. The highest BCUT2D eigenvalue weighted by molar-refractivity contribution is 5.71. The predicted octanol–water partition coefficient (Wildman–Crippen LogP) is 2.91. The molecule has 5 nitrogen and oxygen atoms in total. The van der Waals surface area contributed by atoms with E-state index >= 15 is 0 Å². The summed E-state index contributed by atoms with van der Waals surface area (Å²) in [6, 6.07) is 0. The van der Waals surface area contributed by atoms with Gasteiger partial charge in [-0.2, -0.15) is 0 Å². The van der Waals surface area contributed by atoms with Gasteiger partial charge in [0, 0.05) is 22.8 Å². The van der Waals surface area contributed by atoms with Crippen LogP contribution in [-0.4, -0.2) is 22.8 Å². The number of aliphatic hydroxyl groups excluding tert-OH is 1. The molecule has 0 unspecified atom stereocenters. The molecule has 1 saturated heterocycles. The van der Waals surface area contributed by atoms with E-state index in [1.807, 2.05) is 0 Å². The molecule has 6 atom stereocenters. The molecule has 4 aliphatic rings. The molecular formula is C19H25NO4. The van der Waals surface area contributed by atoms with E-state index in [-0.39, 0.29) is 16.8 Å². The Balaban J connectivity index is 1.61. The second-order valence-corrected chi connectivity index (χ2v) is 8.98. The van der Waals surface area contributed by atoms with Gasteiger partial charge in [-0.15, -0.1) is 0 Å². The number of hydrogen-bond acceptors (Lipinski definition) is 5. The maximum atomic E-state index is 12.0. The Morgan fingerprint density at radius 3 is 2.83 bits per heavy atom. The Bertz CT molecular complexity index is 712. The van der Waals surface area contributed by atoms with Gasteiger partial charge in [0.2, 0.25) is 0 Å². The Hall–Kier alpha value is -1.36. The van der Waals surface area contributed by atoms with Crippen LogP contribution in [0.1, 0.15) is 69.1 Å². The molecule has 0 aromatic carbocycles. The molecule has 2 heterocycles. The molecule has 2 fully saturated rings. The molecule has 5 rings (SSSR count). The van der Waals surface area contributed by atoms with E-state index in [0.717, 1.165) is 37.8 Å². The first-order valence-corrected chi connectivity index (χ1v) is 9.25. The first-order chi connectivity index (χ1) is 11.4. The number of carbonyl (C=O) groups is 1. The fraction of sp³-hybridized carbons (Fsp3) is 0.789. The maximum Gasteiger partial charge on any atom is 0.306 e. The van der Waals surface area contributed by atoms with E-state index in [4.69, 9.17) is 9.26 Å². The van der Waals surface area contributed by atoms with Gasteiger partial charge in [-0.25, -0.2) is 0 Å². The monoisotopic (exact) mass is 331 g/mol.